The van der Waals surface area contributed by atoms with E-state index in [0.29, 0.717) is 31.8 Å². The van der Waals surface area contributed by atoms with Gasteiger partial charge in [-0.25, -0.2) is 0 Å². The monoisotopic (exact) mass is 356 g/mol. The highest BCUT2D eigenvalue weighted by atomic mass is 79.9. The normalized spacial score (nSPS) is 15.6. The number of carbonyl (C=O) groups excluding carboxylic acids is 1. The highest BCUT2D eigenvalue weighted by molar-refractivity contribution is 9.10. The molecule has 5 nitrogen and oxygen atoms in total. The van der Waals surface area contributed by atoms with E-state index in [-0.39, 0.29) is 17.4 Å². The first-order valence-electron chi connectivity index (χ1n) is 6.91. The maximum atomic E-state index is 11.1. The summed E-state index contributed by atoms with van der Waals surface area (Å²) >= 11 is 3.53. The second-order valence-corrected chi connectivity index (χ2v) is 6.99. The number of primary amides is 1. The van der Waals surface area contributed by atoms with Gasteiger partial charge < -0.3 is 20.9 Å². The molecular formula is C15H21BrN2O3. The van der Waals surface area contributed by atoms with Crippen LogP contribution < -0.4 is 20.9 Å². The largest absolute Gasteiger partial charge is 0.486 e. The van der Waals surface area contributed by atoms with Crippen LogP contribution in [-0.4, -0.2) is 19.1 Å². The summed E-state index contributed by atoms with van der Waals surface area (Å²) in [5.41, 5.74) is 12.3. The van der Waals surface area contributed by atoms with Gasteiger partial charge in [0.15, 0.2) is 11.5 Å². The fourth-order valence-electron chi connectivity index (χ4n) is 2.61. The summed E-state index contributed by atoms with van der Waals surface area (Å²) in [6.07, 6.45) is 0.955. The Morgan fingerprint density at radius 3 is 2.48 bits per heavy atom. The van der Waals surface area contributed by atoms with Crippen LogP contribution in [0.2, 0.25) is 0 Å². The third-order valence-corrected chi connectivity index (χ3v) is 4.17. The van der Waals surface area contributed by atoms with Gasteiger partial charge in [-0.15, -0.1) is 0 Å². The molecule has 0 aromatic heterocycles. The molecule has 0 fully saturated rings. The summed E-state index contributed by atoms with van der Waals surface area (Å²) < 4.78 is 12.0. The second-order valence-electron chi connectivity index (χ2n) is 6.14. The number of ether oxygens (including phenoxy) is 2. The van der Waals surface area contributed by atoms with Crippen molar-refractivity contribution in [3.05, 3.63) is 22.2 Å². The van der Waals surface area contributed by atoms with Crippen LogP contribution in [-0.2, 0) is 4.79 Å². The molecule has 1 heterocycles. The van der Waals surface area contributed by atoms with Crippen LogP contribution in [0, 0.1) is 5.41 Å². The Bertz CT molecular complexity index is 546. The van der Waals surface area contributed by atoms with E-state index in [1.165, 1.54) is 0 Å². The fourth-order valence-corrected chi connectivity index (χ4v) is 3.23. The number of nitrogens with two attached hydrogens (primary N) is 2. The van der Waals surface area contributed by atoms with E-state index in [2.05, 4.69) is 15.9 Å². The number of benzene rings is 1. The number of amides is 1. The summed E-state index contributed by atoms with van der Waals surface area (Å²) in [6.45, 7) is 5.07. The lowest BCUT2D eigenvalue weighted by Gasteiger charge is -2.28. The Hall–Kier alpha value is -1.27. The topological polar surface area (TPSA) is 87.6 Å². The van der Waals surface area contributed by atoms with Gasteiger partial charge in [-0.05, 0) is 29.5 Å². The predicted octanol–water partition coefficient (Wildman–Crippen LogP) is 2.51. The van der Waals surface area contributed by atoms with Gasteiger partial charge in [0.25, 0.3) is 0 Å². The van der Waals surface area contributed by atoms with Gasteiger partial charge in [0.1, 0.15) is 13.2 Å². The van der Waals surface area contributed by atoms with Crippen molar-refractivity contribution in [1.29, 1.82) is 0 Å². The Morgan fingerprint density at radius 1 is 1.33 bits per heavy atom. The standard InChI is InChI=1S/C15H21BrN2O3/c1-15(2,8-14(18)19)7-11(17)9-5-12-13(6-10(9)16)21-4-3-20-12/h5-6,11H,3-4,7-8,17H2,1-2H3,(H2,18,19). The molecule has 116 valence electrons. The molecule has 0 saturated heterocycles. The minimum absolute atomic E-state index is 0.218. The van der Waals surface area contributed by atoms with Crippen LogP contribution in [0.1, 0.15) is 38.3 Å². The number of hydrogen-bond donors (Lipinski definition) is 2. The first-order chi connectivity index (χ1) is 9.78. The summed E-state index contributed by atoms with van der Waals surface area (Å²) in [5, 5.41) is 0. The molecule has 2 rings (SSSR count). The summed E-state index contributed by atoms with van der Waals surface area (Å²) in [5.74, 6) is 1.12. The molecule has 1 unspecified atom stereocenters. The average molecular weight is 357 g/mol. The maximum Gasteiger partial charge on any atom is 0.217 e. The van der Waals surface area contributed by atoms with Crippen molar-refractivity contribution in [2.24, 2.45) is 16.9 Å². The molecule has 0 spiro atoms. The van der Waals surface area contributed by atoms with Crippen molar-refractivity contribution >= 4 is 21.8 Å². The molecule has 1 aliphatic heterocycles. The lowest BCUT2D eigenvalue weighted by molar-refractivity contribution is -0.120. The highest BCUT2D eigenvalue weighted by Gasteiger charge is 2.26. The molecule has 0 radical (unpaired) electrons. The fraction of sp³-hybridized carbons (Fsp3) is 0.533. The van der Waals surface area contributed by atoms with Crippen LogP contribution in [0.15, 0.2) is 16.6 Å². The van der Waals surface area contributed by atoms with E-state index in [1.807, 2.05) is 26.0 Å². The Labute approximate surface area is 133 Å². The molecule has 6 heteroatoms. The quantitative estimate of drug-likeness (QED) is 0.848. The molecule has 0 saturated carbocycles. The summed E-state index contributed by atoms with van der Waals surface area (Å²) in [7, 11) is 0. The van der Waals surface area contributed by atoms with Crippen molar-refractivity contribution in [2.75, 3.05) is 13.2 Å². The second kappa shape index (κ2) is 6.23. The molecule has 1 atom stereocenters. The highest BCUT2D eigenvalue weighted by Crippen LogP contribution is 2.40. The maximum absolute atomic E-state index is 11.1. The summed E-state index contributed by atoms with van der Waals surface area (Å²) in [4.78, 5) is 11.1. The van der Waals surface area contributed by atoms with E-state index >= 15 is 0 Å². The van der Waals surface area contributed by atoms with Gasteiger partial charge in [0.2, 0.25) is 5.91 Å². The lowest BCUT2D eigenvalue weighted by atomic mass is 9.81. The van der Waals surface area contributed by atoms with Crippen LogP contribution >= 0.6 is 15.9 Å². The number of halogens is 1. The van der Waals surface area contributed by atoms with E-state index in [0.717, 1.165) is 15.8 Å². The van der Waals surface area contributed by atoms with Crippen LogP contribution in [0.4, 0.5) is 0 Å². The minimum atomic E-state index is -0.312. The van der Waals surface area contributed by atoms with Crippen molar-refractivity contribution in [3.63, 3.8) is 0 Å². The van der Waals surface area contributed by atoms with Crippen LogP contribution in [0.25, 0.3) is 0 Å². The Balaban J connectivity index is 2.19. The van der Waals surface area contributed by atoms with Gasteiger partial charge in [0.05, 0.1) is 0 Å². The number of fused-ring (bicyclic) bond motifs is 1. The van der Waals surface area contributed by atoms with Crippen LogP contribution in [0.3, 0.4) is 0 Å². The zero-order chi connectivity index (χ0) is 15.6. The predicted molar refractivity (Wildman–Crippen MR) is 84.3 cm³/mol. The first kappa shape index (κ1) is 16.1. The third kappa shape index (κ3) is 4.11. The smallest absolute Gasteiger partial charge is 0.217 e. The minimum Gasteiger partial charge on any atom is -0.486 e. The molecule has 1 aliphatic rings. The molecule has 0 bridgehead atoms. The van der Waals surface area contributed by atoms with E-state index in [9.17, 15) is 4.79 Å². The molecule has 21 heavy (non-hydrogen) atoms. The molecule has 1 aromatic rings. The third-order valence-electron chi connectivity index (χ3n) is 3.49. The van der Waals surface area contributed by atoms with Crippen molar-refractivity contribution in [3.8, 4) is 11.5 Å². The Kier molecular flexibility index (Phi) is 4.78. The van der Waals surface area contributed by atoms with Crippen molar-refractivity contribution < 1.29 is 14.3 Å². The number of carbonyl (C=O) groups is 1. The molecule has 0 aliphatic carbocycles. The van der Waals surface area contributed by atoms with Gasteiger partial charge >= 0.3 is 0 Å². The van der Waals surface area contributed by atoms with Gasteiger partial charge in [0, 0.05) is 16.9 Å². The Morgan fingerprint density at radius 2 is 1.90 bits per heavy atom. The lowest BCUT2D eigenvalue weighted by Crippen LogP contribution is -2.27. The first-order valence-corrected chi connectivity index (χ1v) is 7.71. The van der Waals surface area contributed by atoms with Crippen molar-refractivity contribution in [2.45, 2.75) is 32.7 Å². The SMILES string of the molecule is CC(C)(CC(N)=O)CC(N)c1cc2c(cc1Br)OCCO2. The average Bonchev–Trinajstić information content (AvgIpc) is 2.35. The zero-order valence-corrected chi connectivity index (χ0v) is 13.9. The van der Waals surface area contributed by atoms with Gasteiger partial charge in [-0.3, -0.25) is 4.79 Å². The molecular weight excluding hydrogens is 336 g/mol. The van der Waals surface area contributed by atoms with Gasteiger partial charge in [-0.2, -0.15) is 0 Å². The molecule has 1 amide bonds. The number of rotatable bonds is 5. The van der Waals surface area contributed by atoms with Gasteiger partial charge in [-0.1, -0.05) is 29.8 Å². The molecule has 4 N–H and O–H groups in total. The zero-order valence-electron chi connectivity index (χ0n) is 12.3. The van der Waals surface area contributed by atoms with E-state index in [1.54, 1.807) is 0 Å². The van der Waals surface area contributed by atoms with E-state index in [4.69, 9.17) is 20.9 Å². The van der Waals surface area contributed by atoms with Crippen LogP contribution in [0.5, 0.6) is 11.5 Å². The van der Waals surface area contributed by atoms with E-state index < -0.39 is 0 Å². The summed E-state index contributed by atoms with van der Waals surface area (Å²) in [6, 6.07) is 3.57. The van der Waals surface area contributed by atoms with Crippen molar-refractivity contribution in [1.82, 2.24) is 0 Å². The molecule has 1 aromatic carbocycles. The number of hydrogen-bond acceptors (Lipinski definition) is 4.